The summed E-state index contributed by atoms with van der Waals surface area (Å²) >= 11 is 0. The Morgan fingerprint density at radius 3 is 2.62 bits per heavy atom. The van der Waals surface area contributed by atoms with Crippen LogP contribution in [-0.4, -0.2) is 17.9 Å². The first-order valence-electron chi connectivity index (χ1n) is 9.38. The number of carbonyl (C=O) groups is 2. The third-order valence-corrected chi connectivity index (χ3v) is 4.45. The molecule has 6 nitrogen and oxygen atoms in total. The summed E-state index contributed by atoms with van der Waals surface area (Å²) in [5.41, 5.74) is 2.79. The van der Waals surface area contributed by atoms with E-state index in [-0.39, 0.29) is 18.4 Å². The molecule has 2 amide bonds. The van der Waals surface area contributed by atoms with E-state index in [4.69, 9.17) is 9.15 Å². The van der Waals surface area contributed by atoms with Crippen molar-refractivity contribution in [2.24, 2.45) is 0 Å². The number of hydrogen-bond donors (Lipinski definition) is 2. The Balaban J connectivity index is 1.66. The maximum absolute atomic E-state index is 12.6. The highest BCUT2D eigenvalue weighted by Crippen LogP contribution is 2.21. The molecule has 1 heterocycles. The van der Waals surface area contributed by atoms with Gasteiger partial charge in [0.05, 0.1) is 24.1 Å². The molecule has 0 radical (unpaired) electrons. The van der Waals surface area contributed by atoms with Crippen LogP contribution in [0, 0.1) is 13.8 Å². The van der Waals surface area contributed by atoms with Crippen LogP contribution in [-0.2, 0) is 11.3 Å². The third kappa shape index (κ3) is 5.25. The van der Waals surface area contributed by atoms with Crippen LogP contribution in [0.25, 0.3) is 0 Å². The third-order valence-electron chi connectivity index (χ3n) is 4.45. The van der Waals surface area contributed by atoms with Gasteiger partial charge in [0.1, 0.15) is 11.5 Å². The number of rotatable bonds is 7. The average molecular weight is 392 g/mol. The maximum Gasteiger partial charge on any atom is 0.265 e. The largest absolute Gasteiger partial charge is 0.481 e. The molecule has 1 atom stereocenters. The first kappa shape index (κ1) is 20.2. The highest BCUT2D eigenvalue weighted by atomic mass is 16.5. The molecular weight excluding hydrogens is 368 g/mol. The van der Waals surface area contributed by atoms with E-state index in [9.17, 15) is 9.59 Å². The number of furan rings is 1. The second-order valence-electron chi connectivity index (χ2n) is 6.83. The molecule has 6 heteroatoms. The van der Waals surface area contributed by atoms with Gasteiger partial charge in [-0.1, -0.05) is 24.3 Å². The maximum atomic E-state index is 12.6. The first-order chi connectivity index (χ1) is 13.9. The molecule has 1 unspecified atom stereocenters. The highest BCUT2D eigenvalue weighted by Gasteiger charge is 2.19. The molecular formula is C23H24N2O4. The van der Waals surface area contributed by atoms with E-state index in [0.29, 0.717) is 22.8 Å². The van der Waals surface area contributed by atoms with Crippen LogP contribution in [0.4, 0.5) is 5.69 Å². The summed E-state index contributed by atoms with van der Waals surface area (Å²) in [4.78, 5) is 25.2. The monoisotopic (exact) mass is 392 g/mol. The highest BCUT2D eigenvalue weighted by molar-refractivity contribution is 6.04. The van der Waals surface area contributed by atoms with Crippen LogP contribution in [0.2, 0.25) is 0 Å². The topological polar surface area (TPSA) is 80.6 Å². The van der Waals surface area contributed by atoms with Crippen LogP contribution in [0.1, 0.15) is 34.2 Å². The van der Waals surface area contributed by atoms with Gasteiger partial charge in [-0.25, -0.2) is 0 Å². The predicted molar refractivity (Wildman–Crippen MR) is 111 cm³/mol. The molecule has 150 valence electrons. The average Bonchev–Trinajstić information content (AvgIpc) is 3.23. The summed E-state index contributed by atoms with van der Waals surface area (Å²) in [6, 6.07) is 16.2. The minimum atomic E-state index is -0.727. The van der Waals surface area contributed by atoms with Gasteiger partial charge >= 0.3 is 0 Å². The van der Waals surface area contributed by atoms with Gasteiger partial charge < -0.3 is 19.8 Å². The van der Waals surface area contributed by atoms with E-state index in [1.165, 1.54) is 0 Å². The van der Waals surface area contributed by atoms with E-state index in [0.717, 1.165) is 11.1 Å². The van der Waals surface area contributed by atoms with Gasteiger partial charge in [-0.3, -0.25) is 9.59 Å². The zero-order valence-electron chi connectivity index (χ0n) is 16.7. The summed E-state index contributed by atoms with van der Waals surface area (Å²) in [6.07, 6.45) is 0.822. The zero-order chi connectivity index (χ0) is 20.8. The fourth-order valence-corrected chi connectivity index (χ4v) is 2.78. The van der Waals surface area contributed by atoms with Gasteiger partial charge in [0.15, 0.2) is 6.10 Å². The smallest absolute Gasteiger partial charge is 0.265 e. The van der Waals surface area contributed by atoms with E-state index in [2.05, 4.69) is 10.6 Å². The van der Waals surface area contributed by atoms with Crippen LogP contribution in [0.3, 0.4) is 0 Å². The SMILES string of the molecule is Cc1ccc(C)c(OC(C)C(=O)Nc2ccccc2C(=O)NCc2ccco2)c1. The lowest BCUT2D eigenvalue weighted by atomic mass is 10.1. The standard InChI is InChI=1S/C23H24N2O4/c1-15-10-11-16(2)21(13-15)29-17(3)22(26)25-20-9-5-4-8-19(20)23(27)24-14-18-7-6-12-28-18/h4-13,17H,14H2,1-3H3,(H,24,27)(H,25,26). The Morgan fingerprint density at radius 1 is 1.07 bits per heavy atom. The number of benzene rings is 2. The molecule has 0 aliphatic heterocycles. The van der Waals surface area contributed by atoms with Crippen molar-refractivity contribution in [3.8, 4) is 5.75 Å². The van der Waals surface area contributed by atoms with E-state index >= 15 is 0 Å². The molecule has 0 saturated carbocycles. The van der Waals surface area contributed by atoms with Crippen molar-refractivity contribution >= 4 is 17.5 Å². The minimum absolute atomic E-state index is 0.264. The van der Waals surface area contributed by atoms with Crippen LogP contribution in [0.5, 0.6) is 5.75 Å². The fourth-order valence-electron chi connectivity index (χ4n) is 2.78. The molecule has 3 aromatic rings. The second kappa shape index (κ2) is 9.10. The molecule has 1 aromatic heterocycles. The van der Waals surface area contributed by atoms with Crippen LogP contribution < -0.4 is 15.4 Å². The number of ether oxygens (including phenoxy) is 1. The van der Waals surface area contributed by atoms with Gasteiger partial charge in [0.2, 0.25) is 0 Å². The van der Waals surface area contributed by atoms with Crippen molar-refractivity contribution in [2.75, 3.05) is 5.32 Å². The van der Waals surface area contributed by atoms with E-state index in [1.54, 1.807) is 49.6 Å². The molecule has 0 spiro atoms. The van der Waals surface area contributed by atoms with Crippen molar-refractivity contribution in [3.63, 3.8) is 0 Å². The van der Waals surface area contributed by atoms with Crippen molar-refractivity contribution in [3.05, 3.63) is 83.3 Å². The van der Waals surface area contributed by atoms with Crippen molar-refractivity contribution < 1.29 is 18.7 Å². The summed E-state index contributed by atoms with van der Waals surface area (Å²) in [7, 11) is 0. The number of carbonyl (C=O) groups excluding carboxylic acids is 2. The number of hydrogen-bond acceptors (Lipinski definition) is 4. The van der Waals surface area contributed by atoms with Gasteiger partial charge in [-0.15, -0.1) is 0 Å². The molecule has 0 bridgehead atoms. The number of anilines is 1. The lowest BCUT2D eigenvalue weighted by Gasteiger charge is -2.18. The summed E-state index contributed by atoms with van der Waals surface area (Å²) in [5.74, 6) is 0.671. The van der Waals surface area contributed by atoms with Gasteiger partial charge in [-0.2, -0.15) is 0 Å². The van der Waals surface area contributed by atoms with E-state index in [1.807, 2.05) is 32.0 Å². The fraction of sp³-hybridized carbons (Fsp3) is 0.217. The van der Waals surface area contributed by atoms with Gasteiger partial charge in [0, 0.05) is 0 Å². The minimum Gasteiger partial charge on any atom is -0.481 e. The van der Waals surface area contributed by atoms with Crippen LogP contribution >= 0.6 is 0 Å². The zero-order valence-corrected chi connectivity index (χ0v) is 16.7. The van der Waals surface area contributed by atoms with Crippen molar-refractivity contribution in [1.29, 1.82) is 0 Å². The summed E-state index contributed by atoms with van der Waals surface area (Å²) < 4.78 is 11.1. The van der Waals surface area contributed by atoms with E-state index < -0.39 is 6.10 Å². The van der Waals surface area contributed by atoms with Crippen molar-refractivity contribution in [2.45, 2.75) is 33.4 Å². The normalized spacial score (nSPS) is 11.6. The number of para-hydroxylation sites is 1. The summed E-state index contributed by atoms with van der Waals surface area (Å²) in [6.45, 7) is 5.84. The Bertz CT molecular complexity index is 996. The first-order valence-corrected chi connectivity index (χ1v) is 9.38. The Kier molecular flexibility index (Phi) is 6.34. The second-order valence-corrected chi connectivity index (χ2v) is 6.83. The molecule has 0 saturated heterocycles. The van der Waals surface area contributed by atoms with Crippen molar-refractivity contribution in [1.82, 2.24) is 5.32 Å². The predicted octanol–water partition coefficient (Wildman–Crippen LogP) is 4.23. The lowest BCUT2D eigenvalue weighted by molar-refractivity contribution is -0.122. The Labute approximate surface area is 169 Å². The molecule has 0 aliphatic rings. The lowest BCUT2D eigenvalue weighted by Crippen LogP contribution is -2.32. The molecule has 29 heavy (non-hydrogen) atoms. The number of amides is 2. The number of nitrogens with one attached hydrogen (secondary N) is 2. The number of aryl methyl sites for hydroxylation is 2. The molecule has 2 N–H and O–H groups in total. The quantitative estimate of drug-likeness (QED) is 0.630. The molecule has 0 fully saturated rings. The van der Waals surface area contributed by atoms with Crippen LogP contribution in [0.15, 0.2) is 65.3 Å². The molecule has 3 rings (SSSR count). The molecule has 0 aliphatic carbocycles. The Morgan fingerprint density at radius 2 is 1.86 bits per heavy atom. The Hall–Kier alpha value is -3.54. The van der Waals surface area contributed by atoms with Gasteiger partial charge in [-0.05, 0) is 62.2 Å². The molecule has 2 aromatic carbocycles. The van der Waals surface area contributed by atoms with Gasteiger partial charge in [0.25, 0.3) is 11.8 Å². The summed E-state index contributed by atoms with van der Waals surface area (Å²) in [5, 5.41) is 5.57.